The summed E-state index contributed by atoms with van der Waals surface area (Å²) in [5.74, 6) is 0. The molecule has 1 N–H and O–H groups in total. The molecule has 102 valence electrons. The van der Waals surface area contributed by atoms with Gasteiger partial charge in [-0.05, 0) is 6.42 Å². The molecule has 0 aromatic rings. The number of rotatable bonds is 5. The molecule has 0 amide bonds. The number of allylic oxidation sites excluding steroid dienone is 8. The monoisotopic (exact) mass is 390 g/mol. The van der Waals surface area contributed by atoms with E-state index < -0.39 is 8.07 Å². The molecular formula is C14H18Cl2OSiZr. The zero-order chi connectivity index (χ0) is 11.4. The van der Waals surface area contributed by atoms with Gasteiger partial charge in [0.2, 0.25) is 0 Å². The largest absolute Gasteiger partial charge is 4.00 e. The fourth-order valence-electron chi connectivity index (χ4n) is 2.41. The number of halogens is 2. The van der Waals surface area contributed by atoms with Gasteiger partial charge in [0.25, 0.3) is 0 Å². The Labute approximate surface area is 148 Å². The molecule has 2 aliphatic rings. The third-order valence-corrected chi connectivity index (χ3v) is 7.83. The minimum atomic E-state index is -1.63. The predicted molar refractivity (Wildman–Crippen MR) is 69.2 cm³/mol. The third-order valence-electron chi connectivity index (χ3n) is 3.41. The smallest absolute Gasteiger partial charge is 1.00 e. The normalized spacial score (nSPS) is 16.1. The molecule has 0 atom stereocenters. The molecule has 0 radical (unpaired) electrons. The number of hydrogen-bond donors (Lipinski definition) is 1. The summed E-state index contributed by atoms with van der Waals surface area (Å²) in [7, 11) is -1.63. The van der Waals surface area contributed by atoms with Crippen molar-refractivity contribution in [3.63, 3.8) is 0 Å². The quantitative estimate of drug-likeness (QED) is 0.389. The van der Waals surface area contributed by atoms with E-state index in [4.69, 9.17) is 5.11 Å². The van der Waals surface area contributed by atoms with Gasteiger partial charge in [0.1, 0.15) is 0 Å². The fraction of sp³-hybridized carbons (Fsp3) is 0.429. The van der Waals surface area contributed by atoms with Crippen molar-refractivity contribution < 1.29 is 56.1 Å². The van der Waals surface area contributed by atoms with Crippen LogP contribution in [0.1, 0.15) is 19.3 Å². The molecule has 0 unspecified atom stereocenters. The zero-order valence-corrected chi connectivity index (χ0v) is 16.0. The minimum absolute atomic E-state index is 0. The van der Waals surface area contributed by atoms with Crippen LogP contribution in [0.15, 0.2) is 34.7 Å². The molecule has 19 heavy (non-hydrogen) atoms. The molecule has 0 aromatic heterocycles. The maximum absolute atomic E-state index is 9.04. The second kappa shape index (κ2) is 10.3. The van der Waals surface area contributed by atoms with Gasteiger partial charge in [0.05, 0.1) is 0 Å². The average molecular weight is 393 g/mol. The van der Waals surface area contributed by atoms with Crippen molar-refractivity contribution in [1.29, 1.82) is 0 Å². The third kappa shape index (κ3) is 5.13. The Hall–Kier alpha value is 0.600. The molecule has 1 nitrogen and oxygen atoms in total. The first-order valence-corrected chi connectivity index (χ1v) is 8.64. The summed E-state index contributed by atoms with van der Waals surface area (Å²) in [4.78, 5) is 0. The van der Waals surface area contributed by atoms with Crippen LogP contribution in [0.5, 0.6) is 0 Å². The van der Waals surface area contributed by atoms with Crippen molar-refractivity contribution in [3.05, 3.63) is 46.8 Å². The van der Waals surface area contributed by atoms with Crippen molar-refractivity contribution in [1.82, 2.24) is 0 Å². The van der Waals surface area contributed by atoms with Gasteiger partial charge in [-0.1, -0.05) is 12.6 Å². The first-order chi connectivity index (χ1) is 7.77. The van der Waals surface area contributed by atoms with E-state index in [1.807, 2.05) is 0 Å². The molecule has 2 rings (SSSR count). The summed E-state index contributed by atoms with van der Waals surface area (Å²) in [6, 6.07) is 1.10. The summed E-state index contributed by atoms with van der Waals surface area (Å²) in [6.45, 7) is 2.66. The summed E-state index contributed by atoms with van der Waals surface area (Å²) in [5.41, 5.74) is 0. The molecule has 0 bridgehead atoms. The van der Waals surface area contributed by atoms with Gasteiger partial charge in [-0.25, -0.2) is 22.5 Å². The maximum Gasteiger partial charge on any atom is 4.00 e. The van der Waals surface area contributed by atoms with E-state index in [-0.39, 0.29) is 57.6 Å². The van der Waals surface area contributed by atoms with Gasteiger partial charge in [-0.3, -0.25) is 12.2 Å². The molecule has 0 saturated carbocycles. The van der Waals surface area contributed by atoms with Crippen LogP contribution in [-0.2, 0) is 26.2 Å². The SMILES string of the molecule is C[Si](CCCO)(C1=[C-]CC=C1)C1=[C-]CC=C1.[Cl-].[Cl-].[Zr+4]. The van der Waals surface area contributed by atoms with E-state index >= 15 is 0 Å². The molecule has 0 heterocycles. The summed E-state index contributed by atoms with van der Waals surface area (Å²) in [5, 5.41) is 11.8. The molecule has 0 fully saturated rings. The van der Waals surface area contributed by atoms with Gasteiger partial charge in [0, 0.05) is 14.7 Å². The molecule has 0 aromatic carbocycles. The van der Waals surface area contributed by atoms with E-state index in [1.165, 1.54) is 10.4 Å². The van der Waals surface area contributed by atoms with Crippen LogP contribution in [0.25, 0.3) is 0 Å². The van der Waals surface area contributed by atoms with E-state index in [1.54, 1.807) is 0 Å². The van der Waals surface area contributed by atoms with Gasteiger partial charge in [-0.2, -0.15) is 12.2 Å². The van der Waals surface area contributed by atoms with Gasteiger partial charge in [0.15, 0.2) is 0 Å². The number of hydrogen-bond acceptors (Lipinski definition) is 1. The van der Waals surface area contributed by atoms with Gasteiger partial charge < -0.3 is 29.9 Å². The van der Waals surface area contributed by atoms with E-state index in [9.17, 15) is 0 Å². The van der Waals surface area contributed by atoms with Crippen molar-refractivity contribution in [2.75, 3.05) is 6.61 Å². The zero-order valence-electron chi connectivity index (χ0n) is 11.0. The topological polar surface area (TPSA) is 20.2 Å². The molecule has 0 aliphatic heterocycles. The first-order valence-electron chi connectivity index (χ1n) is 5.94. The van der Waals surface area contributed by atoms with Crippen LogP contribution in [0.3, 0.4) is 0 Å². The van der Waals surface area contributed by atoms with Crippen molar-refractivity contribution in [3.8, 4) is 0 Å². The minimum Gasteiger partial charge on any atom is -1.00 e. The Morgan fingerprint density at radius 1 is 1.11 bits per heavy atom. The maximum atomic E-state index is 9.04. The summed E-state index contributed by atoms with van der Waals surface area (Å²) < 4.78 is 0. The van der Waals surface area contributed by atoms with Crippen LogP contribution in [0.2, 0.25) is 12.6 Å². The Bertz CT molecular complexity index is 359. The molecule has 0 saturated heterocycles. The van der Waals surface area contributed by atoms with Crippen molar-refractivity contribution in [2.24, 2.45) is 0 Å². The van der Waals surface area contributed by atoms with Crippen LogP contribution >= 0.6 is 0 Å². The van der Waals surface area contributed by atoms with E-state index in [2.05, 4.69) is 43.0 Å². The molecule has 0 spiro atoms. The predicted octanol–water partition coefficient (Wildman–Crippen LogP) is -3.09. The summed E-state index contributed by atoms with van der Waals surface area (Å²) >= 11 is 0. The second-order valence-electron chi connectivity index (χ2n) is 4.55. The van der Waals surface area contributed by atoms with Gasteiger partial charge in [-0.15, -0.1) is 12.8 Å². The van der Waals surface area contributed by atoms with Crippen LogP contribution in [-0.4, -0.2) is 19.8 Å². The standard InChI is InChI=1S/C14H18OSi.2ClH.Zr/c1-16(12-6-11-15,13-7-2-3-8-13)14-9-4-5-10-14;;;/h2,4,7,9,15H,3,5-6,11-12H2,1H3;2*1H;/q-2;;;+4/p-2. The van der Waals surface area contributed by atoms with E-state index in [0.717, 1.165) is 25.3 Å². The Morgan fingerprint density at radius 3 is 1.89 bits per heavy atom. The average Bonchev–Trinajstić information content (AvgIpc) is 2.96. The second-order valence-corrected chi connectivity index (χ2v) is 8.79. The van der Waals surface area contributed by atoms with Crippen LogP contribution < -0.4 is 24.8 Å². The van der Waals surface area contributed by atoms with Crippen molar-refractivity contribution in [2.45, 2.75) is 31.9 Å². The fourth-order valence-corrected chi connectivity index (χ4v) is 6.06. The molecular weight excluding hydrogens is 374 g/mol. The first kappa shape index (κ1) is 21.9. The Morgan fingerprint density at radius 2 is 1.58 bits per heavy atom. The Kier molecular flexibility index (Phi) is 11.9. The molecule has 2 aliphatic carbocycles. The number of aliphatic hydroxyl groups is 1. The van der Waals surface area contributed by atoms with Crippen LogP contribution in [0, 0.1) is 12.2 Å². The van der Waals surface area contributed by atoms with E-state index in [0.29, 0.717) is 0 Å². The van der Waals surface area contributed by atoms with Crippen LogP contribution in [0.4, 0.5) is 0 Å². The van der Waals surface area contributed by atoms with Crippen molar-refractivity contribution >= 4 is 8.07 Å². The number of aliphatic hydroxyl groups excluding tert-OH is 1. The van der Waals surface area contributed by atoms with Gasteiger partial charge >= 0.3 is 26.2 Å². The molecule has 5 heteroatoms. The Balaban J connectivity index is 0. The summed E-state index contributed by atoms with van der Waals surface area (Å²) in [6.07, 6.45) is 18.6.